The maximum Gasteiger partial charge on any atom is 0.0963 e. The van der Waals surface area contributed by atoms with Gasteiger partial charge in [-0.25, -0.2) is 0 Å². The van der Waals surface area contributed by atoms with Gasteiger partial charge in [-0.05, 0) is 78.2 Å². The largest absolute Gasteiger partial charge is 0.308 e. The maximum atomic E-state index is 4.66. The minimum atomic E-state index is 0.879. The molecular formula is C37H30N4. The van der Waals surface area contributed by atoms with Gasteiger partial charge in [-0.15, -0.1) is 0 Å². The summed E-state index contributed by atoms with van der Waals surface area (Å²) < 4.78 is 4.60. The third kappa shape index (κ3) is 4.16. The van der Waals surface area contributed by atoms with E-state index in [0.29, 0.717) is 0 Å². The molecule has 4 heterocycles. The highest BCUT2D eigenvalue weighted by molar-refractivity contribution is 6.07. The summed E-state index contributed by atoms with van der Waals surface area (Å²) in [5.41, 5.74) is 11.5. The highest BCUT2D eigenvalue weighted by atomic mass is 15.0. The van der Waals surface area contributed by atoms with Crippen molar-refractivity contribution in [3.63, 3.8) is 0 Å². The Balaban J connectivity index is 0.00000135. The summed E-state index contributed by atoms with van der Waals surface area (Å²) in [6.07, 6.45) is 4.61. The lowest BCUT2D eigenvalue weighted by atomic mass is 10.0. The van der Waals surface area contributed by atoms with Crippen LogP contribution in [0, 0.1) is 0 Å². The fourth-order valence-corrected chi connectivity index (χ4v) is 5.88. The van der Waals surface area contributed by atoms with Gasteiger partial charge in [0.1, 0.15) is 0 Å². The van der Waals surface area contributed by atoms with Crippen molar-refractivity contribution in [2.45, 2.75) is 20.3 Å². The molecule has 8 aromatic rings. The van der Waals surface area contributed by atoms with Gasteiger partial charge in [0.05, 0.1) is 33.1 Å². The van der Waals surface area contributed by atoms with Crippen LogP contribution in [-0.2, 0) is 6.42 Å². The smallest absolute Gasteiger partial charge is 0.0963 e. The second-order valence-electron chi connectivity index (χ2n) is 9.96. The van der Waals surface area contributed by atoms with E-state index in [1.807, 2.05) is 38.4 Å². The number of hydrogen-bond acceptors (Lipinski definition) is 2. The number of rotatable bonds is 4. The number of benzene rings is 4. The lowest BCUT2D eigenvalue weighted by Gasteiger charge is -2.10. The van der Waals surface area contributed by atoms with Crippen LogP contribution in [0.5, 0.6) is 0 Å². The van der Waals surface area contributed by atoms with E-state index in [2.05, 4.69) is 128 Å². The second kappa shape index (κ2) is 10.4. The molecule has 0 aliphatic carbocycles. The molecule has 0 saturated heterocycles. The molecule has 0 radical (unpaired) electrons. The van der Waals surface area contributed by atoms with Gasteiger partial charge < -0.3 is 9.13 Å². The van der Waals surface area contributed by atoms with Crippen LogP contribution in [0.1, 0.15) is 25.0 Å². The number of hydrogen-bond donors (Lipinski definition) is 0. The third-order valence-electron chi connectivity index (χ3n) is 7.65. The molecule has 198 valence electrons. The van der Waals surface area contributed by atoms with E-state index in [1.54, 1.807) is 0 Å². The first-order valence-corrected chi connectivity index (χ1v) is 14.2. The summed E-state index contributed by atoms with van der Waals surface area (Å²) >= 11 is 0. The molecule has 0 bridgehead atoms. The Kier molecular flexibility index (Phi) is 6.29. The molecule has 4 aromatic heterocycles. The number of aromatic nitrogens is 4. The molecule has 8 rings (SSSR count). The standard InChI is InChI=1S/C35H24N4.C2H6/c1-3-9-30-28(7-1)34-32(11-5-21-36-34)38(30)26-17-13-24(14-18-26)23-25-15-19-27(20-16-25)39-31-10-4-2-8-29(31)35-33(39)12-6-22-37-35;1-2/h1-22H,23H2;1-2H3. The van der Waals surface area contributed by atoms with Crippen LogP contribution < -0.4 is 0 Å². The number of para-hydroxylation sites is 2. The summed E-state index contributed by atoms with van der Waals surface area (Å²) in [5.74, 6) is 0. The van der Waals surface area contributed by atoms with Gasteiger partial charge in [0.15, 0.2) is 0 Å². The van der Waals surface area contributed by atoms with E-state index in [-0.39, 0.29) is 0 Å². The van der Waals surface area contributed by atoms with E-state index >= 15 is 0 Å². The van der Waals surface area contributed by atoms with Gasteiger partial charge >= 0.3 is 0 Å². The molecule has 4 nitrogen and oxygen atoms in total. The van der Waals surface area contributed by atoms with E-state index in [4.69, 9.17) is 0 Å². The Morgan fingerprint density at radius 1 is 0.439 bits per heavy atom. The summed E-state index contributed by atoms with van der Waals surface area (Å²) in [5, 5.41) is 2.35. The van der Waals surface area contributed by atoms with Crippen LogP contribution >= 0.6 is 0 Å². The molecule has 4 aromatic carbocycles. The molecule has 0 amide bonds. The van der Waals surface area contributed by atoms with Crippen molar-refractivity contribution in [2.75, 3.05) is 0 Å². The third-order valence-corrected chi connectivity index (χ3v) is 7.65. The van der Waals surface area contributed by atoms with Crippen LogP contribution in [0.25, 0.3) is 55.2 Å². The average Bonchev–Trinajstić information content (AvgIpc) is 3.56. The zero-order valence-electron chi connectivity index (χ0n) is 23.2. The van der Waals surface area contributed by atoms with E-state index < -0.39 is 0 Å². The predicted molar refractivity (Wildman–Crippen MR) is 171 cm³/mol. The van der Waals surface area contributed by atoms with E-state index in [0.717, 1.165) is 39.9 Å². The van der Waals surface area contributed by atoms with Gasteiger partial charge in [0.25, 0.3) is 0 Å². The summed E-state index contributed by atoms with van der Waals surface area (Å²) in [4.78, 5) is 9.32. The van der Waals surface area contributed by atoms with Gasteiger partial charge in [0.2, 0.25) is 0 Å². The van der Waals surface area contributed by atoms with Gasteiger partial charge in [-0.3, -0.25) is 9.97 Å². The van der Waals surface area contributed by atoms with Crippen molar-refractivity contribution >= 4 is 43.9 Å². The molecule has 0 spiro atoms. The lowest BCUT2D eigenvalue weighted by molar-refractivity contribution is 1.13. The normalized spacial score (nSPS) is 11.3. The van der Waals surface area contributed by atoms with Crippen LogP contribution in [0.3, 0.4) is 0 Å². The Morgan fingerprint density at radius 2 is 0.829 bits per heavy atom. The van der Waals surface area contributed by atoms with Gasteiger partial charge in [-0.1, -0.05) is 74.5 Å². The molecule has 0 saturated carbocycles. The fraction of sp³-hybridized carbons (Fsp3) is 0.0811. The number of nitrogens with zero attached hydrogens (tertiary/aromatic N) is 4. The average molecular weight is 531 g/mol. The topological polar surface area (TPSA) is 35.6 Å². The monoisotopic (exact) mass is 530 g/mol. The second-order valence-corrected chi connectivity index (χ2v) is 9.96. The highest BCUT2D eigenvalue weighted by Gasteiger charge is 2.14. The van der Waals surface area contributed by atoms with Crippen LogP contribution in [0.2, 0.25) is 0 Å². The molecule has 0 atom stereocenters. The van der Waals surface area contributed by atoms with Crippen LogP contribution in [0.15, 0.2) is 134 Å². The molecule has 0 aliphatic heterocycles. The molecule has 0 N–H and O–H groups in total. The molecule has 0 unspecified atom stereocenters. The molecule has 41 heavy (non-hydrogen) atoms. The Morgan fingerprint density at radius 3 is 1.27 bits per heavy atom. The zero-order valence-corrected chi connectivity index (χ0v) is 23.2. The van der Waals surface area contributed by atoms with Crippen molar-refractivity contribution in [3.05, 3.63) is 145 Å². The first kappa shape index (κ1) is 24.8. The van der Waals surface area contributed by atoms with Gasteiger partial charge in [-0.2, -0.15) is 0 Å². The summed E-state index contributed by atoms with van der Waals surface area (Å²) in [6.45, 7) is 4.00. The SMILES string of the molecule is CC.c1ccc2c(c1)c1ncccc1n2-c1ccc(Cc2ccc(-n3c4ccccc4c4ncccc43)cc2)cc1. The quantitative estimate of drug-likeness (QED) is 0.227. The van der Waals surface area contributed by atoms with Crippen molar-refractivity contribution in [2.24, 2.45) is 0 Å². The summed E-state index contributed by atoms with van der Waals surface area (Å²) in [6, 6.07) is 43.1. The summed E-state index contributed by atoms with van der Waals surface area (Å²) in [7, 11) is 0. The lowest BCUT2D eigenvalue weighted by Crippen LogP contribution is -1.96. The molecular weight excluding hydrogens is 500 g/mol. The van der Waals surface area contributed by atoms with Crippen molar-refractivity contribution < 1.29 is 0 Å². The first-order chi connectivity index (χ1) is 20.3. The number of fused-ring (bicyclic) bond motifs is 6. The Hall–Kier alpha value is -5.22. The maximum absolute atomic E-state index is 4.66. The Labute approximate surface area is 239 Å². The van der Waals surface area contributed by atoms with Crippen LogP contribution in [0.4, 0.5) is 0 Å². The minimum absolute atomic E-state index is 0.879. The fourth-order valence-electron chi connectivity index (χ4n) is 5.88. The minimum Gasteiger partial charge on any atom is -0.308 e. The zero-order chi connectivity index (χ0) is 27.8. The van der Waals surface area contributed by atoms with Crippen LogP contribution in [-0.4, -0.2) is 19.1 Å². The van der Waals surface area contributed by atoms with E-state index in [1.165, 1.54) is 32.9 Å². The van der Waals surface area contributed by atoms with Crippen molar-refractivity contribution in [3.8, 4) is 11.4 Å². The molecule has 0 fully saturated rings. The van der Waals surface area contributed by atoms with Crippen molar-refractivity contribution in [1.82, 2.24) is 19.1 Å². The predicted octanol–water partition coefficient (Wildman–Crippen LogP) is 9.29. The van der Waals surface area contributed by atoms with Crippen molar-refractivity contribution in [1.29, 1.82) is 0 Å². The number of pyridine rings is 2. The molecule has 0 aliphatic rings. The van der Waals surface area contributed by atoms with Gasteiger partial charge in [0, 0.05) is 34.5 Å². The van der Waals surface area contributed by atoms with E-state index in [9.17, 15) is 0 Å². The highest BCUT2D eigenvalue weighted by Crippen LogP contribution is 2.32. The first-order valence-electron chi connectivity index (χ1n) is 14.2. The Bertz CT molecular complexity index is 1870. The molecule has 4 heteroatoms.